The van der Waals surface area contributed by atoms with E-state index in [2.05, 4.69) is 5.32 Å². The summed E-state index contributed by atoms with van der Waals surface area (Å²) in [6.07, 6.45) is 3.53. The van der Waals surface area contributed by atoms with Gasteiger partial charge in [-0.05, 0) is 36.6 Å². The van der Waals surface area contributed by atoms with Crippen LogP contribution in [0.3, 0.4) is 0 Å². The van der Waals surface area contributed by atoms with Crippen LogP contribution in [0.2, 0.25) is 0 Å². The van der Waals surface area contributed by atoms with Crippen LogP contribution in [0, 0.1) is 0 Å². The lowest BCUT2D eigenvalue weighted by Gasteiger charge is -2.25. The Hall–Kier alpha value is -2.37. The number of nitrogens with zero attached hydrogens (tertiary/aromatic N) is 1. The van der Waals surface area contributed by atoms with Gasteiger partial charge in [0.25, 0.3) is 5.91 Å². The monoisotopic (exact) mass is 344 g/mol. The van der Waals surface area contributed by atoms with Crippen LogP contribution in [0.1, 0.15) is 55.5 Å². The number of rotatable bonds is 7. The van der Waals surface area contributed by atoms with Gasteiger partial charge in [0.2, 0.25) is 0 Å². The molecular formula is C19H24N2O4. The van der Waals surface area contributed by atoms with Gasteiger partial charge >= 0.3 is 6.03 Å². The second-order valence-electron chi connectivity index (χ2n) is 6.75. The molecular weight excluding hydrogens is 320 g/mol. The summed E-state index contributed by atoms with van der Waals surface area (Å²) in [6.45, 7) is 4.37. The molecule has 6 nitrogen and oxygen atoms in total. The molecule has 1 fully saturated rings. The Morgan fingerprint density at radius 2 is 1.96 bits per heavy atom. The van der Waals surface area contributed by atoms with Gasteiger partial charge in [-0.25, -0.2) is 4.79 Å². The van der Waals surface area contributed by atoms with E-state index in [0.717, 1.165) is 35.5 Å². The van der Waals surface area contributed by atoms with E-state index in [4.69, 9.17) is 4.74 Å². The average molecular weight is 344 g/mol. The summed E-state index contributed by atoms with van der Waals surface area (Å²) in [5.74, 6) is 0.289. The maximum atomic E-state index is 12.8. The van der Waals surface area contributed by atoms with Crippen LogP contribution in [0.5, 0.6) is 5.75 Å². The zero-order chi connectivity index (χ0) is 18.0. The van der Waals surface area contributed by atoms with Gasteiger partial charge in [0.05, 0.1) is 13.2 Å². The lowest BCUT2D eigenvalue weighted by atomic mass is 9.88. The Kier molecular flexibility index (Phi) is 4.79. The molecule has 0 bridgehead atoms. The van der Waals surface area contributed by atoms with Crippen LogP contribution in [0.4, 0.5) is 4.79 Å². The van der Waals surface area contributed by atoms with Crippen molar-refractivity contribution in [3.05, 3.63) is 29.3 Å². The third-order valence-electron chi connectivity index (χ3n) is 4.91. The predicted octanol–water partition coefficient (Wildman–Crippen LogP) is 2.70. The summed E-state index contributed by atoms with van der Waals surface area (Å²) in [6, 6.07) is 4.80. The van der Waals surface area contributed by atoms with E-state index in [0.29, 0.717) is 25.0 Å². The maximum Gasteiger partial charge on any atom is 0.325 e. The number of carbonyl (C=O) groups is 3. The number of urea groups is 1. The van der Waals surface area contributed by atoms with E-state index in [-0.39, 0.29) is 18.2 Å². The first-order valence-corrected chi connectivity index (χ1v) is 8.94. The van der Waals surface area contributed by atoms with Crippen molar-refractivity contribution in [2.75, 3.05) is 13.2 Å². The standard InChI is InChI=1S/C19H24N2O4/c1-3-8-19(9-4-2)17(23)21(18(24)20-19)12-15(22)13-5-6-16-14(11-13)7-10-25-16/h5-6,11H,3-4,7-10,12H2,1-2H3,(H,20,24). The fourth-order valence-electron chi connectivity index (χ4n) is 3.73. The van der Waals surface area contributed by atoms with Gasteiger partial charge in [0.1, 0.15) is 11.3 Å². The summed E-state index contributed by atoms with van der Waals surface area (Å²) in [7, 11) is 0. The Morgan fingerprint density at radius 1 is 1.24 bits per heavy atom. The molecule has 1 N–H and O–H groups in total. The number of carbonyl (C=O) groups excluding carboxylic acids is 3. The minimum Gasteiger partial charge on any atom is -0.493 e. The Balaban J connectivity index is 1.77. The molecule has 0 aliphatic carbocycles. The molecule has 0 saturated carbocycles. The molecule has 0 spiro atoms. The van der Waals surface area contributed by atoms with Crippen molar-refractivity contribution < 1.29 is 19.1 Å². The van der Waals surface area contributed by atoms with E-state index in [1.807, 2.05) is 13.8 Å². The molecule has 1 aromatic rings. The highest BCUT2D eigenvalue weighted by Crippen LogP contribution is 2.29. The van der Waals surface area contributed by atoms with Crippen LogP contribution in [0.15, 0.2) is 18.2 Å². The van der Waals surface area contributed by atoms with Gasteiger partial charge in [0, 0.05) is 12.0 Å². The highest BCUT2D eigenvalue weighted by Gasteiger charge is 2.50. The molecule has 2 heterocycles. The van der Waals surface area contributed by atoms with Crippen molar-refractivity contribution in [3.63, 3.8) is 0 Å². The minimum absolute atomic E-state index is 0.223. The Labute approximate surface area is 147 Å². The molecule has 2 aliphatic heterocycles. The average Bonchev–Trinajstić information content (AvgIpc) is 3.14. The number of hydrogen-bond donors (Lipinski definition) is 1. The van der Waals surface area contributed by atoms with E-state index in [9.17, 15) is 14.4 Å². The van der Waals surface area contributed by atoms with Gasteiger partial charge < -0.3 is 10.1 Å². The van der Waals surface area contributed by atoms with Crippen molar-refractivity contribution in [1.29, 1.82) is 0 Å². The molecule has 25 heavy (non-hydrogen) atoms. The lowest BCUT2D eigenvalue weighted by Crippen LogP contribution is -2.47. The number of fused-ring (bicyclic) bond motifs is 1. The molecule has 0 unspecified atom stereocenters. The number of imide groups is 1. The third-order valence-corrected chi connectivity index (χ3v) is 4.91. The van der Waals surface area contributed by atoms with Crippen LogP contribution in [-0.4, -0.2) is 41.3 Å². The molecule has 0 atom stereocenters. The number of amides is 3. The second-order valence-corrected chi connectivity index (χ2v) is 6.75. The van der Waals surface area contributed by atoms with Gasteiger partial charge in [-0.1, -0.05) is 26.7 Å². The molecule has 3 amide bonds. The zero-order valence-corrected chi connectivity index (χ0v) is 14.8. The highest BCUT2D eigenvalue weighted by atomic mass is 16.5. The number of benzene rings is 1. The normalized spacial score (nSPS) is 18.1. The van der Waals surface area contributed by atoms with E-state index >= 15 is 0 Å². The fraction of sp³-hybridized carbons (Fsp3) is 0.526. The van der Waals surface area contributed by atoms with Gasteiger partial charge in [-0.2, -0.15) is 0 Å². The van der Waals surface area contributed by atoms with E-state index in [1.54, 1.807) is 18.2 Å². The predicted molar refractivity (Wildman–Crippen MR) is 92.8 cm³/mol. The molecule has 1 saturated heterocycles. The lowest BCUT2D eigenvalue weighted by molar-refractivity contribution is -0.131. The van der Waals surface area contributed by atoms with Crippen molar-refractivity contribution in [3.8, 4) is 5.75 Å². The molecule has 3 rings (SSSR count). The number of nitrogens with one attached hydrogen (secondary N) is 1. The van der Waals surface area contributed by atoms with Crippen molar-refractivity contribution in [2.45, 2.75) is 51.5 Å². The highest BCUT2D eigenvalue weighted by molar-refractivity contribution is 6.11. The summed E-state index contributed by atoms with van der Waals surface area (Å²) in [4.78, 5) is 38.8. The molecule has 0 radical (unpaired) electrons. The number of hydrogen-bond acceptors (Lipinski definition) is 4. The summed E-state index contributed by atoms with van der Waals surface area (Å²) in [5, 5.41) is 2.83. The van der Waals surface area contributed by atoms with Crippen LogP contribution in [0.25, 0.3) is 0 Å². The summed E-state index contributed by atoms with van der Waals surface area (Å²) < 4.78 is 5.44. The molecule has 0 aromatic heterocycles. The fourth-order valence-corrected chi connectivity index (χ4v) is 3.73. The molecule has 134 valence electrons. The topological polar surface area (TPSA) is 75.7 Å². The first-order chi connectivity index (χ1) is 12.0. The van der Waals surface area contributed by atoms with Crippen molar-refractivity contribution >= 4 is 17.7 Å². The first kappa shape index (κ1) is 17.5. The van der Waals surface area contributed by atoms with Gasteiger partial charge in [-0.3, -0.25) is 14.5 Å². The second kappa shape index (κ2) is 6.86. The van der Waals surface area contributed by atoms with Gasteiger partial charge in [-0.15, -0.1) is 0 Å². The smallest absolute Gasteiger partial charge is 0.325 e. The summed E-state index contributed by atoms with van der Waals surface area (Å²) in [5.41, 5.74) is 0.648. The number of Topliss-reactive ketones (excluding diaryl/α,β-unsaturated/α-hetero) is 1. The molecule has 2 aliphatic rings. The third kappa shape index (κ3) is 3.13. The first-order valence-electron chi connectivity index (χ1n) is 8.94. The van der Waals surface area contributed by atoms with Crippen molar-refractivity contribution in [2.24, 2.45) is 0 Å². The van der Waals surface area contributed by atoms with E-state index < -0.39 is 11.6 Å². The minimum atomic E-state index is -0.855. The van der Waals surface area contributed by atoms with Crippen molar-refractivity contribution in [1.82, 2.24) is 10.2 Å². The number of ketones is 1. The van der Waals surface area contributed by atoms with Crippen LogP contribution >= 0.6 is 0 Å². The van der Waals surface area contributed by atoms with Crippen LogP contribution in [-0.2, 0) is 11.2 Å². The zero-order valence-electron chi connectivity index (χ0n) is 14.8. The van der Waals surface area contributed by atoms with E-state index in [1.165, 1.54) is 0 Å². The maximum absolute atomic E-state index is 12.8. The quantitative estimate of drug-likeness (QED) is 0.609. The molecule has 6 heteroatoms. The SMILES string of the molecule is CCCC1(CCC)NC(=O)N(CC(=O)c2ccc3c(c2)CCO3)C1=O. The molecule has 1 aromatic carbocycles. The van der Waals surface area contributed by atoms with Gasteiger partial charge in [0.15, 0.2) is 5.78 Å². The largest absolute Gasteiger partial charge is 0.493 e. The summed E-state index contributed by atoms with van der Waals surface area (Å²) >= 11 is 0. The Morgan fingerprint density at radius 3 is 2.64 bits per heavy atom. The van der Waals surface area contributed by atoms with Crippen LogP contribution < -0.4 is 10.1 Å². The number of ether oxygens (including phenoxy) is 1. The Bertz CT molecular complexity index is 707.